The number of hydrogen-bond donors (Lipinski definition) is 0. The third kappa shape index (κ3) is 5.72. The molecule has 0 saturated heterocycles. The summed E-state index contributed by atoms with van der Waals surface area (Å²) in [6, 6.07) is 65.6. The van der Waals surface area contributed by atoms with Gasteiger partial charge in [-0.25, -0.2) is 15.0 Å². The molecule has 50 heavy (non-hydrogen) atoms. The minimum absolute atomic E-state index is 0.688. The lowest BCUT2D eigenvalue weighted by Crippen LogP contribution is -1.96. The molecular weight excluding hydrogens is 607 g/mol. The van der Waals surface area contributed by atoms with Crippen molar-refractivity contribution in [2.24, 2.45) is 0 Å². The highest BCUT2D eigenvalue weighted by Gasteiger charge is 2.13. The summed E-state index contributed by atoms with van der Waals surface area (Å²) in [5.74, 6) is 0.688. The predicted octanol–water partition coefficient (Wildman–Crippen LogP) is 12.2. The topological polar surface area (TPSA) is 38.7 Å². The van der Waals surface area contributed by atoms with Crippen LogP contribution in [0, 0.1) is 0 Å². The highest BCUT2D eigenvalue weighted by atomic mass is 14.9. The molecule has 9 rings (SSSR count). The van der Waals surface area contributed by atoms with E-state index in [0.29, 0.717) is 5.82 Å². The smallest absolute Gasteiger partial charge is 0.160 e. The van der Waals surface area contributed by atoms with Crippen LogP contribution in [-0.2, 0) is 0 Å². The van der Waals surface area contributed by atoms with E-state index in [-0.39, 0.29) is 0 Å². The van der Waals surface area contributed by atoms with Crippen molar-refractivity contribution in [3.05, 3.63) is 188 Å². The van der Waals surface area contributed by atoms with Crippen LogP contribution in [0.15, 0.2) is 188 Å². The molecule has 3 nitrogen and oxygen atoms in total. The number of pyridine rings is 1. The quantitative estimate of drug-likeness (QED) is 0.170. The van der Waals surface area contributed by atoms with E-state index >= 15 is 0 Å². The third-order valence-corrected chi connectivity index (χ3v) is 9.28. The van der Waals surface area contributed by atoms with E-state index in [1.54, 1.807) is 0 Å². The van der Waals surface area contributed by atoms with Gasteiger partial charge in [-0.1, -0.05) is 164 Å². The molecular formula is C47H31N3. The number of aromatic nitrogens is 3. The average molecular weight is 638 g/mol. The maximum absolute atomic E-state index is 5.17. The Balaban J connectivity index is 1.14. The van der Waals surface area contributed by atoms with Crippen molar-refractivity contribution in [2.75, 3.05) is 0 Å². The summed E-state index contributed by atoms with van der Waals surface area (Å²) < 4.78 is 0. The lowest BCUT2D eigenvalue weighted by Gasteiger charge is -2.12. The fourth-order valence-electron chi connectivity index (χ4n) is 6.66. The first-order valence-corrected chi connectivity index (χ1v) is 16.9. The van der Waals surface area contributed by atoms with Crippen molar-refractivity contribution in [3.63, 3.8) is 0 Å². The summed E-state index contributed by atoms with van der Waals surface area (Å²) in [5, 5.41) is 3.49. The third-order valence-electron chi connectivity index (χ3n) is 9.28. The number of benzene rings is 7. The molecule has 234 valence electrons. The second-order valence-electron chi connectivity index (χ2n) is 12.5. The van der Waals surface area contributed by atoms with Gasteiger partial charge in [-0.3, -0.25) is 0 Å². The molecule has 0 aliphatic carbocycles. The fraction of sp³-hybridized carbons (Fsp3) is 0. The van der Waals surface area contributed by atoms with Gasteiger partial charge in [-0.15, -0.1) is 0 Å². The van der Waals surface area contributed by atoms with Gasteiger partial charge in [0.1, 0.15) is 0 Å². The van der Waals surface area contributed by atoms with Gasteiger partial charge >= 0.3 is 0 Å². The van der Waals surface area contributed by atoms with Crippen molar-refractivity contribution in [3.8, 4) is 67.4 Å². The molecule has 0 atom stereocenters. The van der Waals surface area contributed by atoms with Crippen molar-refractivity contribution in [1.29, 1.82) is 0 Å². The lowest BCUT2D eigenvalue weighted by atomic mass is 9.99. The Morgan fingerprint density at radius 2 is 0.760 bits per heavy atom. The minimum atomic E-state index is 0.688. The molecule has 0 saturated carbocycles. The van der Waals surface area contributed by atoms with Gasteiger partial charge in [0.05, 0.1) is 22.6 Å². The van der Waals surface area contributed by atoms with Gasteiger partial charge in [0.15, 0.2) is 5.82 Å². The summed E-state index contributed by atoms with van der Waals surface area (Å²) in [7, 11) is 0. The highest BCUT2D eigenvalue weighted by Crippen LogP contribution is 2.33. The Morgan fingerprint density at radius 3 is 1.46 bits per heavy atom. The molecule has 0 aliphatic heterocycles. The second-order valence-corrected chi connectivity index (χ2v) is 12.5. The fourth-order valence-corrected chi connectivity index (χ4v) is 6.66. The van der Waals surface area contributed by atoms with Gasteiger partial charge in [-0.2, -0.15) is 0 Å². The molecule has 0 unspecified atom stereocenters. The number of nitrogens with zero attached hydrogens (tertiary/aromatic N) is 3. The van der Waals surface area contributed by atoms with Crippen molar-refractivity contribution >= 4 is 21.7 Å². The van der Waals surface area contributed by atoms with E-state index in [0.717, 1.165) is 72.3 Å². The van der Waals surface area contributed by atoms with E-state index in [2.05, 4.69) is 176 Å². The minimum Gasteiger partial charge on any atom is -0.247 e. The van der Waals surface area contributed by atoms with Crippen LogP contribution in [0.4, 0.5) is 0 Å². The van der Waals surface area contributed by atoms with E-state index < -0.39 is 0 Å². The molecule has 3 heteroatoms. The zero-order chi connectivity index (χ0) is 33.3. The van der Waals surface area contributed by atoms with E-state index in [1.165, 1.54) is 10.9 Å². The first kappa shape index (κ1) is 29.4. The zero-order valence-corrected chi connectivity index (χ0v) is 27.2. The molecule has 0 bridgehead atoms. The Labute approximate surface area is 291 Å². The second kappa shape index (κ2) is 12.7. The largest absolute Gasteiger partial charge is 0.247 e. The van der Waals surface area contributed by atoms with Crippen LogP contribution in [-0.4, -0.2) is 15.0 Å². The monoisotopic (exact) mass is 637 g/mol. The van der Waals surface area contributed by atoms with Crippen LogP contribution in [0.3, 0.4) is 0 Å². The molecule has 0 aliphatic rings. The molecule has 0 spiro atoms. The van der Waals surface area contributed by atoms with E-state index in [9.17, 15) is 0 Å². The Hall–Kier alpha value is -6.71. The summed E-state index contributed by atoms with van der Waals surface area (Å²) in [5.41, 5.74) is 12.4. The van der Waals surface area contributed by atoms with E-state index in [1.807, 2.05) is 12.1 Å². The first-order valence-electron chi connectivity index (χ1n) is 16.9. The van der Waals surface area contributed by atoms with Crippen LogP contribution in [0.25, 0.3) is 89.1 Å². The van der Waals surface area contributed by atoms with Crippen molar-refractivity contribution in [2.45, 2.75) is 0 Å². The highest BCUT2D eigenvalue weighted by molar-refractivity contribution is 6.05. The van der Waals surface area contributed by atoms with Crippen LogP contribution < -0.4 is 0 Å². The van der Waals surface area contributed by atoms with Gasteiger partial charge in [0, 0.05) is 33.0 Å². The van der Waals surface area contributed by atoms with Crippen LogP contribution in [0.5, 0.6) is 0 Å². The molecule has 7 aromatic carbocycles. The number of rotatable bonds is 6. The number of fused-ring (bicyclic) bond motifs is 3. The molecule has 2 aromatic heterocycles. The molecule has 9 aromatic rings. The van der Waals surface area contributed by atoms with E-state index in [4.69, 9.17) is 15.0 Å². The van der Waals surface area contributed by atoms with Gasteiger partial charge in [-0.05, 0) is 51.9 Å². The van der Waals surface area contributed by atoms with Gasteiger partial charge in [0.2, 0.25) is 0 Å². The van der Waals surface area contributed by atoms with Gasteiger partial charge in [0.25, 0.3) is 0 Å². The van der Waals surface area contributed by atoms with Crippen LogP contribution in [0.2, 0.25) is 0 Å². The molecule has 0 N–H and O–H groups in total. The summed E-state index contributed by atoms with van der Waals surface area (Å²) >= 11 is 0. The molecule has 2 heterocycles. The SMILES string of the molecule is c1ccc(-c2cccc(-c3cc(-c4ccc(-c5ccc6ccc7ccccc7c6n5)cc4)nc(-c4cccc(-c5ccccc5)c4)n3)c2)cc1. The zero-order valence-electron chi connectivity index (χ0n) is 27.2. The molecule has 0 amide bonds. The maximum Gasteiger partial charge on any atom is 0.160 e. The molecule has 0 radical (unpaired) electrons. The predicted molar refractivity (Wildman–Crippen MR) is 207 cm³/mol. The standard InChI is InChI=1S/C47H31N3/c1-3-11-32(12-4-1)38-16-9-18-40(29-38)45-31-44(49-47(50-45)41-19-10-17-39(30-41)33-13-5-2-6-14-33)36-24-22-35(23-25-36)43-28-27-37-26-21-34-15-7-8-20-42(34)46(37)48-43/h1-31H. The Kier molecular flexibility index (Phi) is 7.49. The summed E-state index contributed by atoms with van der Waals surface area (Å²) in [6.45, 7) is 0. The Bertz CT molecular complexity index is 2530. The maximum atomic E-state index is 5.17. The van der Waals surface area contributed by atoms with Crippen LogP contribution in [0.1, 0.15) is 0 Å². The number of hydrogen-bond acceptors (Lipinski definition) is 3. The lowest BCUT2D eigenvalue weighted by molar-refractivity contribution is 1.18. The van der Waals surface area contributed by atoms with Crippen molar-refractivity contribution in [1.82, 2.24) is 15.0 Å². The average Bonchev–Trinajstić information content (AvgIpc) is 3.21. The van der Waals surface area contributed by atoms with Gasteiger partial charge < -0.3 is 0 Å². The first-order chi connectivity index (χ1) is 24.7. The normalized spacial score (nSPS) is 11.2. The molecule has 0 fully saturated rings. The Morgan fingerprint density at radius 1 is 0.260 bits per heavy atom. The van der Waals surface area contributed by atoms with Crippen molar-refractivity contribution < 1.29 is 0 Å². The van der Waals surface area contributed by atoms with Crippen LogP contribution >= 0.6 is 0 Å². The summed E-state index contributed by atoms with van der Waals surface area (Å²) in [6.07, 6.45) is 0. The summed E-state index contributed by atoms with van der Waals surface area (Å²) in [4.78, 5) is 15.5.